The second-order valence-electron chi connectivity index (χ2n) is 8.60. The lowest BCUT2D eigenvalue weighted by atomic mass is 10.1. The first-order valence-electron chi connectivity index (χ1n) is 11.2. The minimum atomic E-state index is -4.94. The van der Waals surface area contributed by atoms with Crippen LogP contribution in [0.25, 0.3) is 0 Å². The fraction of sp³-hybridized carbons (Fsp3) is 0.550. The molecule has 1 saturated carbocycles. The highest BCUT2D eigenvalue weighted by atomic mass is 79.9. The summed E-state index contributed by atoms with van der Waals surface area (Å²) in [6, 6.07) is -0.632. The Labute approximate surface area is 215 Å². The second kappa shape index (κ2) is 10.6. The molecule has 2 aromatic heterocycles. The predicted molar refractivity (Wildman–Crippen MR) is 126 cm³/mol. The van der Waals surface area contributed by atoms with Gasteiger partial charge in [-0.05, 0) is 54.0 Å². The van der Waals surface area contributed by atoms with Crippen molar-refractivity contribution in [2.75, 3.05) is 28.6 Å². The first-order chi connectivity index (χ1) is 17.0. The standard InChI is InChI=1S/C20H23BrF3N7O4S/c21-18-28-13(15(36-18)29-19(34)35)14(32)27-12-8-25-31(9-10-3-4-10)16(12)30-6-1-2-11(5-7-30)26-17(33)20(22,23)24/h8,10-11,29H,1-7,9H2,(H,26,33)(H,27,32)(H,34,35)/p-1. The summed E-state index contributed by atoms with van der Waals surface area (Å²) in [5.74, 6) is -1.57. The van der Waals surface area contributed by atoms with Gasteiger partial charge in [-0.15, -0.1) is 0 Å². The number of aromatic nitrogens is 3. The summed E-state index contributed by atoms with van der Waals surface area (Å²) < 4.78 is 40.1. The predicted octanol–water partition coefficient (Wildman–Crippen LogP) is 2.56. The molecule has 1 unspecified atom stereocenters. The Morgan fingerprint density at radius 2 is 1.92 bits per heavy atom. The molecule has 3 heterocycles. The lowest BCUT2D eigenvalue weighted by Gasteiger charge is -2.25. The number of hydrogen-bond acceptors (Lipinski definition) is 8. The quantitative estimate of drug-likeness (QED) is 0.448. The molecule has 2 fully saturated rings. The van der Waals surface area contributed by atoms with Crippen LogP contribution in [0, 0.1) is 5.92 Å². The Hall–Kier alpha value is -2.88. The lowest BCUT2D eigenvalue weighted by Crippen LogP contribution is -2.43. The zero-order valence-electron chi connectivity index (χ0n) is 18.7. The Morgan fingerprint density at radius 1 is 1.17 bits per heavy atom. The summed E-state index contributed by atoms with van der Waals surface area (Å²) in [6.07, 6.45) is -1.77. The van der Waals surface area contributed by atoms with E-state index in [4.69, 9.17) is 0 Å². The monoisotopic (exact) mass is 592 g/mol. The Balaban J connectivity index is 1.53. The zero-order valence-corrected chi connectivity index (χ0v) is 21.1. The number of carbonyl (C=O) groups excluding carboxylic acids is 3. The Bertz CT molecular complexity index is 1150. The molecule has 4 rings (SSSR count). The summed E-state index contributed by atoms with van der Waals surface area (Å²) in [6.45, 7) is 1.44. The van der Waals surface area contributed by atoms with Crippen molar-refractivity contribution in [3.63, 3.8) is 0 Å². The minimum Gasteiger partial charge on any atom is -0.530 e. The molecule has 3 N–H and O–H groups in total. The molecule has 36 heavy (non-hydrogen) atoms. The maximum absolute atomic E-state index is 13.0. The van der Waals surface area contributed by atoms with Gasteiger partial charge in [0.25, 0.3) is 5.91 Å². The number of hydrogen-bond donors (Lipinski definition) is 3. The number of anilines is 3. The number of alkyl halides is 3. The summed E-state index contributed by atoms with van der Waals surface area (Å²) in [5, 5.41) is 22.2. The smallest absolute Gasteiger partial charge is 0.471 e. The third kappa shape index (κ3) is 6.46. The van der Waals surface area contributed by atoms with E-state index in [1.807, 2.05) is 10.2 Å². The van der Waals surface area contributed by atoms with Gasteiger partial charge in [0.2, 0.25) is 0 Å². The van der Waals surface area contributed by atoms with Crippen LogP contribution in [0.3, 0.4) is 0 Å². The molecule has 1 saturated heterocycles. The van der Waals surface area contributed by atoms with Crippen LogP contribution >= 0.6 is 27.3 Å². The highest BCUT2D eigenvalue weighted by Gasteiger charge is 2.40. The topological polar surface area (TPSA) is 144 Å². The second-order valence-corrected chi connectivity index (χ2v) is 10.9. The number of rotatable bonds is 7. The van der Waals surface area contributed by atoms with Crippen molar-refractivity contribution in [1.82, 2.24) is 20.1 Å². The third-order valence-electron chi connectivity index (χ3n) is 5.84. The number of nitrogens with one attached hydrogen (secondary N) is 3. The van der Waals surface area contributed by atoms with Crippen molar-refractivity contribution < 1.29 is 32.7 Å². The van der Waals surface area contributed by atoms with Crippen molar-refractivity contribution in [3.05, 3.63) is 15.8 Å². The third-order valence-corrected chi connectivity index (χ3v) is 7.26. The molecule has 2 aliphatic rings. The highest BCUT2D eigenvalue weighted by molar-refractivity contribution is 9.11. The number of carbonyl (C=O) groups is 3. The van der Waals surface area contributed by atoms with Crippen LogP contribution in [0.1, 0.15) is 42.6 Å². The van der Waals surface area contributed by atoms with Crippen LogP contribution in [0.15, 0.2) is 10.1 Å². The molecule has 196 valence electrons. The number of carboxylic acid groups (broad SMARTS) is 1. The summed E-state index contributed by atoms with van der Waals surface area (Å²) in [7, 11) is 0. The Kier molecular flexibility index (Phi) is 7.73. The SMILES string of the molecule is O=C([O-])Nc1sc(Br)nc1C(=O)Nc1cnn(CC2CC2)c1N1CCCC(NC(=O)C(F)(F)F)CC1. The first-order valence-corrected chi connectivity index (χ1v) is 12.8. The molecule has 1 atom stereocenters. The molecule has 1 aliphatic carbocycles. The van der Waals surface area contributed by atoms with E-state index in [0.717, 1.165) is 24.2 Å². The summed E-state index contributed by atoms with van der Waals surface area (Å²) in [4.78, 5) is 41.3. The van der Waals surface area contributed by atoms with Gasteiger partial charge < -0.3 is 30.8 Å². The van der Waals surface area contributed by atoms with Crippen molar-refractivity contribution in [3.8, 4) is 0 Å². The molecule has 2 aromatic rings. The van der Waals surface area contributed by atoms with E-state index in [1.54, 1.807) is 4.68 Å². The molecule has 0 bridgehead atoms. The molecular weight excluding hydrogens is 571 g/mol. The Morgan fingerprint density at radius 3 is 2.58 bits per heavy atom. The van der Waals surface area contributed by atoms with E-state index in [2.05, 4.69) is 36.6 Å². The molecule has 0 radical (unpaired) electrons. The number of thiazole rings is 1. The van der Waals surface area contributed by atoms with Gasteiger partial charge >= 0.3 is 12.1 Å². The molecular formula is C20H22BrF3N7O4S-. The van der Waals surface area contributed by atoms with E-state index in [9.17, 15) is 32.7 Å². The molecule has 11 nitrogen and oxygen atoms in total. The van der Waals surface area contributed by atoms with Crippen molar-refractivity contribution in [1.29, 1.82) is 0 Å². The lowest BCUT2D eigenvalue weighted by molar-refractivity contribution is -0.242. The van der Waals surface area contributed by atoms with Gasteiger partial charge in [-0.1, -0.05) is 11.3 Å². The van der Waals surface area contributed by atoms with Gasteiger partial charge in [-0.3, -0.25) is 9.59 Å². The van der Waals surface area contributed by atoms with Crippen LogP contribution in [0.4, 0.5) is 34.5 Å². The van der Waals surface area contributed by atoms with Crippen LogP contribution in [-0.2, 0) is 11.3 Å². The highest BCUT2D eigenvalue weighted by Crippen LogP contribution is 2.36. The van der Waals surface area contributed by atoms with Crippen LogP contribution in [0.2, 0.25) is 0 Å². The van der Waals surface area contributed by atoms with Crippen molar-refractivity contribution in [2.45, 2.75) is 50.9 Å². The van der Waals surface area contributed by atoms with Gasteiger partial charge in [0.1, 0.15) is 16.8 Å². The molecule has 3 amide bonds. The molecule has 1 aliphatic heterocycles. The number of halogens is 4. The largest absolute Gasteiger partial charge is 0.530 e. The molecule has 0 spiro atoms. The number of amides is 3. The minimum absolute atomic E-state index is 0.00989. The number of nitrogens with zero attached hydrogens (tertiary/aromatic N) is 4. The van der Waals surface area contributed by atoms with Gasteiger partial charge in [-0.2, -0.15) is 18.3 Å². The zero-order chi connectivity index (χ0) is 26.0. The van der Waals surface area contributed by atoms with Crippen LogP contribution < -0.4 is 26.0 Å². The van der Waals surface area contributed by atoms with Gasteiger partial charge in [0, 0.05) is 25.7 Å². The van der Waals surface area contributed by atoms with E-state index in [1.165, 1.54) is 6.20 Å². The first kappa shape index (κ1) is 26.2. The van der Waals surface area contributed by atoms with E-state index >= 15 is 0 Å². The van der Waals surface area contributed by atoms with Crippen LogP contribution in [-0.4, -0.2) is 58.0 Å². The average molecular weight is 593 g/mol. The normalized spacial score (nSPS) is 18.4. The van der Waals surface area contributed by atoms with Gasteiger partial charge in [0.15, 0.2) is 15.4 Å². The van der Waals surface area contributed by atoms with Gasteiger partial charge in [0.05, 0.1) is 6.20 Å². The van der Waals surface area contributed by atoms with E-state index < -0.39 is 30.1 Å². The molecule has 0 aromatic carbocycles. The maximum Gasteiger partial charge on any atom is 0.471 e. The maximum atomic E-state index is 13.0. The summed E-state index contributed by atoms with van der Waals surface area (Å²) >= 11 is 4.05. The van der Waals surface area contributed by atoms with E-state index in [-0.39, 0.29) is 17.1 Å². The van der Waals surface area contributed by atoms with Crippen LogP contribution in [0.5, 0.6) is 0 Å². The fourth-order valence-electron chi connectivity index (χ4n) is 4.01. The molecule has 16 heteroatoms. The van der Waals surface area contributed by atoms with Crippen molar-refractivity contribution >= 4 is 61.7 Å². The summed E-state index contributed by atoms with van der Waals surface area (Å²) in [5.41, 5.74) is 0.213. The fourth-order valence-corrected chi connectivity index (χ4v) is 5.34. The van der Waals surface area contributed by atoms with Gasteiger partial charge in [-0.25, -0.2) is 9.67 Å². The van der Waals surface area contributed by atoms with Crippen molar-refractivity contribution in [2.24, 2.45) is 5.92 Å². The average Bonchev–Trinajstić information content (AvgIpc) is 3.47. The van der Waals surface area contributed by atoms with E-state index in [0.29, 0.717) is 53.8 Å².